The number of hydrogen-bond acceptors (Lipinski definition) is 3. The smallest absolute Gasteiger partial charge is 0.310 e. The van der Waals surface area contributed by atoms with Gasteiger partial charge < -0.3 is 4.74 Å². The second kappa shape index (κ2) is 5.91. The van der Waals surface area contributed by atoms with Crippen molar-refractivity contribution in [3.05, 3.63) is 11.6 Å². The molecule has 2 rings (SSSR count). The Morgan fingerprint density at radius 2 is 2.09 bits per heavy atom. The normalized spacial score (nSPS) is 35.6. The van der Waals surface area contributed by atoms with Crippen LogP contribution in [0.1, 0.15) is 47.5 Å². The lowest BCUT2D eigenvalue weighted by Gasteiger charge is -2.19. The zero-order chi connectivity index (χ0) is 16.7. The Kier molecular flexibility index (Phi) is 4.52. The van der Waals surface area contributed by atoms with Crippen molar-refractivity contribution in [2.24, 2.45) is 29.1 Å². The number of ether oxygens (including phenoxy) is 1. The number of terminal acetylenes is 1. The summed E-state index contributed by atoms with van der Waals surface area (Å²) in [5.74, 6) is 2.49. The van der Waals surface area contributed by atoms with E-state index in [1.807, 2.05) is 20.8 Å². The SMILES string of the molecule is C#CC[C@@H]1C(=O)C[C@@H](OC(=O)[C@H]2[C@@H](C=C(C)C)C2(C)C)[C@@H]1C. The van der Waals surface area contributed by atoms with E-state index >= 15 is 0 Å². The molecule has 2 fully saturated rings. The molecule has 2 aliphatic rings. The average molecular weight is 302 g/mol. The minimum Gasteiger partial charge on any atom is -0.461 e. The van der Waals surface area contributed by atoms with Crippen LogP contribution in [0.3, 0.4) is 0 Å². The van der Waals surface area contributed by atoms with Gasteiger partial charge in [0.25, 0.3) is 0 Å². The van der Waals surface area contributed by atoms with E-state index < -0.39 is 0 Å². The Morgan fingerprint density at radius 3 is 2.64 bits per heavy atom. The topological polar surface area (TPSA) is 43.4 Å². The molecule has 0 saturated heterocycles. The molecule has 0 aromatic heterocycles. The maximum absolute atomic E-state index is 12.5. The summed E-state index contributed by atoms with van der Waals surface area (Å²) in [4.78, 5) is 24.5. The summed E-state index contributed by atoms with van der Waals surface area (Å²) < 4.78 is 5.68. The molecule has 0 bridgehead atoms. The molecule has 0 heterocycles. The van der Waals surface area contributed by atoms with Gasteiger partial charge in [-0.25, -0.2) is 0 Å². The monoisotopic (exact) mass is 302 g/mol. The van der Waals surface area contributed by atoms with Gasteiger partial charge in [0.05, 0.1) is 5.92 Å². The largest absolute Gasteiger partial charge is 0.461 e. The van der Waals surface area contributed by atoms with Gasteiger partial charge in [-0.15, -0.1) is 12.3 Å². The number of carbonyl (C=O) groups excluding carboxylic acids is 2. The van der Waals surface area contributed by atoms with Crippen molar-refractivity contribution in [3.63, 3.8) is 0 Å². The highest BCUT2D eigenvalue weighted by Gasteiger charge is 2.62. The van der Waals surface area contributed by atoms with Crippen LogP contribution in [0.4, 0.5) is 0 Å². The molecule has 5 atom stereocenters. The number of ketones is 1. The van der Waals surface area contributed by atoms with E-state index in [4.69, 9.17) is 11.2 Å². The molecule has 0 amide bonds. The Bertz CT molecular complexity index is 546. The molecule has 0 aromatic rings. The van der Waals surface area contributed by atoms with Crippen LogP contribution in [-0.4, -0.2) is 17.9 Å². The molecule has 3 heteroatoms. The summed E-state index contributed by atoms with van der Waals surface area (Å²) in [6.07, 6.45) is 7.89. The zero-order valence-electron chi connectivity index (χ0n) is 14.2. The van der Waals surface area contributed by atoms with Crippen LogP contribution < -0.4 is 0 Å². The van der Waals surface area contributed by atoms with Crippen LogP contribution in [0.5, 0.6) is 0 Å². The summed E-state index contributed by atoms with van der Waals surface area (Å²) in [7, 11) is 0. The highest BCUT2D eigenvalue weighted by molar-refractivity contribution is 5.85. The maximum Gasteiger partial charge on any atom is 0.310 e. The van der Waals surface area contributed by atoms with Gasteiger partial charge in [-0.2, -0.15) is 0 Å². The van der Waals surface area contributed by atoms with Crippen LogP contribution in [0.15, 0.2) is 11.6 Å². The van der Waals surface area contributed by atoms with Gasteiger partial charge >= 0.3 is 5.97 Å². The molecule has 120 valence electrons. The predicted octanol–water partition coefficient (Wildman–Crippen LogP) is 3.39. The fraction of sp³-hybridized carbons (Fsp3) is 0.684. The Labute approximate surface area is 133 Å². The standard InChI is InChI=1S/C19H26O3/c1-7-8-13-12(4)16(10-15(13)20)22-18(21)17-14(9-11(2)3)19(17,5)6/h1,9,12-14,16-17H,8,10H2,2-6H3/t12-,13+,14-,16-,17-/m1/s1. The Morgan fingerprint density at radius 1 is 1.45 bits per heavy atom. The summed E-state index contributed by atoms with van der Waals surface area (Å²) in [6.45, 7) is 10.2. The minimum absolute atomic E-state index is 0.0104. The van der Waals surface area contributed by atoms with E-state index in [0.29, 0.717) is 12.8 Å². The van der Waals surface area contributed by atoms with Crippen LogP contribution in [0.25, 0.3) is 0 Å². The molecule has 22 heavy (non-hydrogen) atoms. The van der Waals surface area contributed by atoms with Gasteiger partial charge in [0.15, 0.2) is 0 Å². The van der Waals surface area contributed by atoms with Crippen molar-refractivity contribution < 1.29 is 14.3 Å². The van der Waals surface area contributed by atoms with Crippen LogP contribution in [-0.2, 0) is 14.3 Å². The second-order valence-electron chi connectivity index (χ2n) is 7.59. The Balaban J connectivity index is 2.01. The lowest BCUT2D eigenvalue weighted by molar-refractivity contribution is -0.153. The van der Waals surface area contributed by atoms with Gasteiger partial charge in [-0.1, -0.05) is 32.4 Å². The van der Waals surface area contributed by atoms with Gasteiger partial charge in [-0.3, -0.25) is 9.59 Å². The molecular weight excluding hydrogens is 276 g/mol. The average Bonchev–Trinajstić information content (AvgIpc) is 2.83. The zero-order valence-corrected chi connectivity index (χ0v) is 14.2. The first-order chi connectivity index (χ1) is 10.2. The molecule has 0 aliphatic heterocycles. The third-order valence-electron chi connectivity index (χ3n) is 5.32. The van der Waals surface area contributed by atoms with Gasteiger partial charge in [0.1, 0.15) is 11.9 Å². The summed E-state index contributed by atoms with van der Waals surface area (Å²) >= 11 is 0. The molecule has 2 aliphatic carbocycles. The molecular formula is C19H26O3. The summed E-state index contributed by atoms with van der Waals surface area (Å²) in [6, 6.07) is 0. The molecule has 0 aromatic carbocycles. The number of Topliss-reactive ketones (excluding diaryl/α,β-unsaturated/α-hetero) is 1. The van der Waals surface area contributed by atoms with Crippen molar-refractivity contribution >= 4 is 11.8 Å². The number of hydrogen-bond donors (Lipinski definition) is 0. The van der Waals surface area contributed by atoms with E-state index in [1.54, 1.807) is 0 Å². The molecule has 0 spiro atoms. The molecule has 0 N–H and O–H groups in total. The summed E-state index contributed by atoms with van der Waals surface area (Å²) in [5, 5.41) is 0. The van der Waals surface area contributed by atoms with Crippen molar-refractivity contribution in [2.45, 2.75) is 53.6 Å². The van der Waals surface area contributed by atoms with E-state index in [-0.39, 0.29) is 46.9 Å². The molecule has 2 saturated carbocycles. The van der Waals surface area contributed by atoms with Crippen molar-refractivity contribution in [3.8, 4) is 12.3 Å². The van der Waals surface area contributed by atoms with E-state index in [2.05, 4.69) is 25.8 Å². The van der Waals surface area contributed by atoms with E-state index in [0.717, 1.165) is 0 Å². The maximum atomic E-state index is 12.5. The third kappa shape index (κ3) is 2.97. The van der Waals surface area contributed by atoms with E-state index in [1.165, 1.54) is 5.57 Å². The number of rotatable bonds is 4. The molecule has 0 radical (unpaired) electrons. The minimum atomic E-state index is -0.317. The first-order valence-corrected chi connectivity index (χ1v) is 8.01. The lowest BCUT2D eigenvalue weighted by Crippen LogP contribution is -2.25. The van der Waals surface area contributed by atoms with Gasteiger partial charge in [-0.05, 0) is 25.2 Å². The molecule has 3 nitrogen and oxygen atoms in total. The van der Waals surface area contributed by atoms with Crippen LogP contribution in [0.2, 0.25) is 0 Å². The quantitative estimate of drug-likeness (QED) is 0.454. The molecule has 0 unspecified atom stereocenters. The van der Waals surface area contributed by atoms with Crippen molar-refractivity contribution in [1.29, 1.82) is 0 Å². The first-order valence-electron chi connectivity index (χ1n) is 8.01. The highest BCUT2D eigenvalue weighted by Crippen LogP contribution is 2.60. The number of esters is 1. The van der Waals surface area contributed by atoms with Crippen LogP contribution >= 0.6 is 0 Å². The van der Waals surface area contributed by atoms with Crippen LogP contribution in [0, 0.1) is 41.4 Å². The van der Waals surface area contributed by atoms with Gasteiger partial charge in [0.2, 0.25) is 0 Å². The first kappa shape index (κ1) is 16.8. The fourth-order valence-corrected chi connectivity index (χ4v) is 3.68. The number of carbonyl (C=O) groups is 2. The highest BCUT2D eigenvalue weighted by atomic mass is 16.5. The number of allylic oxidation sites excluding steroid dienone is 2. The lowest BCUT2D eigenvalue weighted by atomic mass is 9.93. The third-order valence-corrected chi connectivity index (χ3v) is 5.32. The van der Waals surface area contributed by atoms with E-state index in [9.17, 15) is 9.59 Å². The van der Waals surface area contributed by atoms with Crippen molar-refractivity contribution in [2.75, 3.05) is 0 Å². The van der Waals surface area contributed by atoms with Crippen molar-refractivity contribution in [1.82, 2.24) is 0 Å². The Hall–Kier alpha value is -1.56. The summed E-state index contributed by atoms with van der Waals surface area (Å²) in [5.41, 5.74) is 1.16. The fourth-order valence-electron chi connectivity index (χ4n) is 3.68. The predicted molar refractivity (Wildman–Crippen MR) is 85.8 cm³/mol. The van der Waals surface area contributed by atoms with Gasteiger partial charge in [0, 0.05) is 24.7 Å². The second-order valence-corrected chi connectivity index (χ2v) is 7.59.